The lowest BCUT2D eigenvalue weighted by atomic mass is 10.1. The quantitative estimate of drug-likeness (QED) is 0.691. The van der Waals surface area contributed by atoms with Crippen molar-refractivity contribution in [3.8, 4) is 17.1 Å². The second kappa shape index (κ2) is 7.48. The number of hydrogen-bond acceptors (Lipinski definition) is 6. The number of ether oxygens (including phenoxy) is 1. The Morgan fingerprint density at radius 2 is 1.81 bits per heavy atom. The predicted octanol–water partition coefficient (Wildman–Crippen LogP) is 4.35. The number of methoxy groups -OCH3 is 1. The molecule has 6 nitrogen and oxygen atoms in total. The fourth-order valence-corrected chi connectivity index (χ4v) is 2.42. The van der Waals surface area contributed by atoms with Crippen LogP contribution in [-0.4, -0.2) is 29.1 Å². The summed E-state index contributed by atoms with van der Waals surface area (Å²) < 4.78 is 44.4. The predicted molar refractivity (Wildman–Crippen MR) is 96.1 cm³/mol. The number of alkyl halides is 3. The number of pyridine rings is 1. The van der Waals surface area contributed by atoms with Crippen molar-refractivity contribution in [1.29, 1.82) is 0 Å². The molecule has 0 unspecified atom stereocenters. The smallest absolute Gasteiger partial charge is 0.420 e. The van der Waals surface area contributed by atoms with Crippen molar-refractivity contribution in [2.45, 2.75) is 6.18 Å². The van der Waals surface area contributed by atoms with Crippen LogP contribution in [0.4, 0.5) is 30.6 Å². The molecular formula is C18H16F3N5O. The van der Waals surface area contributed by atoms with Crippen LogP contribution in [0.15, 0.2) is 48.7 Å². The highest BCUT2D eigenvalue weighted by molar-refractivity contribution is 5.66. The first kappa shape index (κ1) is 18.4. The zero-order chi connectivity index (χ0) is 19.4. The maximum Gasteiger partial charge on any atom is 0.420 e. The number of aromatic nitrogens is 3. The Morgan fingerprint density at radius 3 is 2.44 bits per heavy atom. The monoisotopic (exact) mass is 375 g/mol. The summed E-state index contributed by atoms with van der Waals surface area (Å²) >= 11 is 0. The number of nitrogens with zero attached hydrogens (tertiary/aromatic N) is 3. The lowest BCUT2D eigenvalue weighted by Gasteiger charge is -2.15. The average Bonchev–Trinajstić information content (AvgIpc) is 2.67. The van der Waals surface area contributed by atoms with E-state index in [9.17, 15) is 13.2 Å². The Hall–Kier alpha value is -3.36. The number of benzene rings is 1. The van der Waals surface area contributed by atoms with E-state index in [2.05, 4.69) is 25.6 Å². The lowest BCUT2D eigenvalue weighted by molar-refractivity contribution is -0.138. The van der Waals surface area contributed by atoms with E-state index in [1.54, 1.807) is 31.4 Å². The van der Waals surface area contributed by atoms with Gasteiger partial charge in [-0.1, -0.05) is 6.07 Å². The first-order chi connectivity index (χ1) is 12.9. The summed E-state index contributed by atoms with van der Waals surface area (Å²) in [5.74, 6) is 0.388. The van der Waals surface area contributed by atoms with E-state index in [0.29, 0.717) is 23.2 Å². The molecule has 0 radical (unpaired) electrons. The summed E-state index contributed by atoms with van der Waals surface area (Å²) in [6.45, 7) is 0. The van der Waals surface area contributed by atoms with Gasteiger partial charge in [-0.15, -0.1) is 0 Å². The van der Waals surface area contributed by atoms with Crippen LogP contribution in [0.3, 0.4) is 0 Å². The highest BCUT2D eigenvalue weighted by atomic mass is 19.4. The van der Waals surface area contributed by atoms with Gasteiger partial charge in [0.1, 0.15) is 11.6 Å². The minimum atomic E-state index is -4.54. The SMILES string of the molecule is CNc1nc(Nc2ccc(OC)c(C(F)(F)F)c2)cc(-c2ccccn2)n1. The Bertz CT molecular complexity index is 932. The zero-order valence-corrected chi connectivity index (χ0v) is 14.5. The van der Waals surface area contributed by atoms with Gasteiger partial charge >= 0.3 is 6.18 Å². The molecule has 0 amide bonds. The van der Waals surface area contributed by atoms with Crippen molar-refractivity contribution in [3.63, 3.8) is 0 Å². The van der Waals surface area contributed by atoms with Gasteiger partial charge in [-0.05, 0) is 30.3 Å². The highest BCUT2D eigenvalue weighted by Crippen LogP contribution is 2.38. The standard InChI is InChI=1S/C18H16F3N5O/c1-22-17-25-14(13-5-3-4-8-23-13)10-16(26-17)24-11-6-7-15(27-2)12(9-11)18(19,20)21/h3-10H,1-2H3,(H2,22,24,25,26). The van der Waals surface area contributed by atoms with Crippen molar-refractivity contribution in [2.24, 2.45) is 0 Å². The number of rotatable bonds is 5. The number of anilines is 3. The molecule has 1 aromatic carbocycles. The summed E-state index contributed by atoms with van der Waals surface area (Å²) in [6.07, 6.45) is -2.91. The molecule has 2 aromatic heterocycles. The van der Waals surface area contributed by atoms with Crippen molar-refractivity contribution in [3.05, 3.63) is 54.2 Å². The molecule has 2 N–H and O–H groups in total. The molecule has 0 aliphatic rings. The van der Waals surface area contributed by atoms with Crippen LogP contribution in [0.1, 0.15) is 5.56 Å². The van der Waals surface area contributed by atoms with Crippen molar-refractivity contribution in [1.82, 2.24) is 15.0 Å². The van der Waals surface area contributed by atoms with Gasteiger partial charge in [0.25, 0.3) is 0 Å². The van der Waals surface area contributed by atoms with E-state index in [1.807, 2.05) is 6.07 Å². The van der Waals surface area contributed by atoms with Gasteiger partial charge in [0, 0.05) is 25.0 Å². The first-order valence-electron chi connectivity index (χ1n) is 7.91. The van der Waals surface area contributed by atoms with Crippen LogP contribution in [0.2, 0.25) is 0 Å². The highest BCUT2D eigenvalue weighted by Gasteiger charge is 2.34. The van der Waals surface area contributed by atoms with Crippen LogP contribution in [0, 0.1) is 0 Å². The maximum atomic E-state index is 13.2. The van der Waals surface area contributed by atoms with Gasteiger partial charge in [0.15, 0.2) is 0 Å². The Morgan fingerprint density at radius 1 is 1.00 bits per heavy atom. The lowest BCUT2D eigenvalue weighted by Crippen LogP contribution is -2.08. The van der Waals surface area contributed by atoms with Gasteiger partial charge in [-0.3, -0.25) is 4.98 Å². The summed E-state index contributed by atoms with van der Waals surface area (Å²) in [5, 5.41) is 5.71. The number of nitrogens with one attached hydrogen (secondary N) is 2. The van der Waals surface area contributed by atoms with E-state index in [-0.39, 0.29) is 11.4 Å². The van der Waals surface area contributed by atoms with Gasteiger partial charge in [-0.2, -0.15) is 18.2 Å². The molecule has 0 fully saturated rings. The second-order valence-electron chi connectivity index (χ2n) is 5.46. The van der Waals surface area contributed by atoms with Crippen molar-refractivity contribution in [2.75, 3.05) is 24.8 Å². The minimum Gasteiger partial charge on any atom is -0.496 e. The molecule has 0 spiro atoms. The van der Waals surface area contributed by atoms with E-state index in [1.165, 1.54) is 19.2 Å². The fourth-order valence-electron chi connectivity index (χ4n) is 2.42. The Kier molecular flexibility index (Phi) is 5.11. The van der Waals surface area contributed by atoms with E-state index >= 15 is 0 Å². The average molecular weight is 375 g/mol. The Labute approximate surface area is 153 Å². The molecule has 0 aliphatic heterocycles. The summed E-state index contributed by atoms with van der Waals surface area (Å²) in [6, 6.07) is 10.7. The maximum absolute atomic E-state index is 13.2. The number of halogens is 3. The Balaban J connectivity index is 1.98. The molecule has 9 heteroatoms. The van der Waals surface area contributed by atoms with Crippen LogP contribution in [0.25, 0.3) is 11.4 Å². The molecule has 0 aliphatic carbocycles. The van der Waals surface area contributed by atoms with E-state index in [0.717, 1.165) is 6.07 Å². The molecule has 3 aromatic rings. The van der Waals surface area contributed by atoms with Gasteiger partial charge in [0.2, 0.25) is 5.95 Å². The van der Waals surface area contributed by atoms with Crippen molar-refractivity contribution >= 4 is 17.5 Å². The van der Waals surface area contributed by atoms with Gasteiger partial charge < -0.3 is 15.4 Å². The molecule has 0 atom stereocenters. The third-order valence-electron chi connectivity index (χ3n) is 3.65. The third kappa shape index (κ3) is 4.25. The molecule has 0 bridgehead atoms. The topological polar surface area (TPSA) is 72.0 Å². The van der Waals surface area contributed by atoms with Crippen LogP contribution in [0.5, 0.6) is 5.75 Å². The molecule has 0 saturated heterocycles. The number of hydrogen-bond donors (Lipinski definition) is 2. The molecular weight excluding hydrogens is 359 g/mol. The van der Waals surface area contributed by atoms with Crippen LogP contribution < -0.4 is 15.4 Å². The second-order valence-corrected chi connectivity index (χ2v) is 5.46. The summed E-state index contributed by atoms with van der Waals surface area (Å²) in [4.78, 5) is 12.8. The molecule has 3 rings (SSSR count). The third-order valence-corrected chi connectivity index (χ3v) is 3.65. The minimum absolute atomic E-state index is 0.218. The van der Waals surface area contributed by atoms with Gasteiger partial charge in [0.05, 0.1) is 24.1 Å². The molecule has 27 heavy (non-hydrogen) atoms. The molecule has 0 saturated carbocycles. The van der Waals surface area contributed by atoms with Crippen LogP contribution in [-0.2, 0) is 6.18 Å². The molecule has 140 valence electrons. The normalized spacial score (nSPS) is 11.1. The zero-order valence-electron chi connectivity index (χ0n) is 14.5. The van der Waals surface area contributed by atoms with E-state index < -0.39 is 11.7 Å². The summed E-state index contributed by atoms with van der Waals surface area (Å²) in [5.41, 5.74) is 0.492. The fraction of sp³-hybridized carbons (Fsp3) is 0.167. The van der Waals surface area contributed by atoms with Gasteiger partial charge in [-0.25, -0.2) is 4.98 Å². The van der Waals surface area contributed by atoms with Crippen molar-refractivity contribution < 1.29 is 17.9 Å². The largest absolute Gasteiger partial charge is 0.496 e. The summed E-state index contributed by atoms with van der Waals surface area (Å²) in [7, 11) is 2.84. The van der Waals surface area contributed by atoms with Crippen LogP contribution >= 0.6 is 0 Å². The van der Waals surface area contributed by atoms with E-state index in [4.69, 9.17) is 4.74 Å². The first-order valence-corrected chi connectivity index (χ1v) is 7.91. The molecule has 2 heterocycles.